The van der Waals surface area contributed by atoms with Crippen LogP contribution in [0, 0.1) is 6.92 Å². The smallest absolute Gasteiger partial charge is 0.350 e. The molecule has 1 heterocycles. The van der Waals surface area contributed by atoms with Gasteiger partial charge < -0.3 is 14.0 Å². The van der Waals surface area contributed by atoms with Gasteiger partial charge in [0, 0.05) is 12.7 Å². The molecular weight excluding hydrogens is 364 g/mol. The summed E-state index contributed by atoms with van der Waals surface area (Å²) in [5.41, 5.74) is 1.08. The van der Waals surface area contributed by atoms with Crippen molar-refractivity contribution in [3.8, 4) is 5.75 Å². The lowest BCUT2D eigenvalue weighted by Gasteiger charge is -2.07. The maximum atomic E-state index is 12.8. The van der Waals surface area contributed by atoms with E-state index in [-0.39, 0.29) is 0 Å². The average Bonchev–Trinajstić information content (AvgIpc) is 2.95. The van der Waals surface area contributed by atoms with Crippen LogP contribution in [0.25, 0.3) is 10.8 Å². The summed E-state index contributed by atoms with van der Waals surface area (Å²) < 4.78 is 12.2. The average molecular weight is 384 g/mol. The number of hydrogen-bond donors (Lipinski definition) is 0. The quantitative estimate of drug-likeness (QED) is 0.646. The number of thiazole rings is 1. The van der Waals surface area contributed by atoms with Gasteiger partial charge in [-0.05, 0) is 36.8 Å². The predicted octanol–water partition coefficient (Wildman–Crippen LogP) is 3.47. The number of methoxy groups -OCH3 is 1. The molecule has 0 atom stereocenters. The van der Waals surface area contributed by atoms with Gasteiger partial charge in [0.2, 0.25) is 0 Å². The number of nitrogens with zero attached hydrogens (tertiary/aromatic N) is 2. The highest BCUT2D eigenvalue weighted by Gasteiger charge is 2.18. The van der Waals surface area contributed by atoms with Crippen LogP contribution in [-0.4, -0.2) is 30.2 Å². The van der Waals surface area contributed by atoms with Crippen LogP contribution in [-0.2, 0) is 11.8 Å². The van der Waals surface area contributed by atoms with Crippen LogP contribution in [0.4, 0.5) is 0 Å². The molecule has 3 aromatic rings. The Hall–Kier alpha value is -2.93. The minimum Gasteiger partial charge on any atom is -0.496 e. The minimum atomic E-state index is -0.426. The molecule has 140 valence electrons. The molecule has 0 spiro atoms. The summed E-state index contributed by atoms with van der Waals surface area (Å²) in [6, 6.07) is 11.3. The molecule has 27 heavy (non-hydrogen) atoms. The Morgan fingerprint density at radius 1 is 1.19 bits per heavy atom. The summed E-state index contributed by atoms with van der Waals surface area (Å²) in [5.74, 6) is -0.373. The zero-order chi connectivity index (χ0) is 19.6. The molecule has 0 unspecified atom stereocenters. The second kappa shape index (κ2) is 7.75. The second-order valence-corrected chi connectivity index (χ2v) is 6.87. The minimum absolute atomic E-state index is 0.291. The molecule has 2 aromatic carbocycles. The van der Waals surface area contributed by atoms with Gasteiger partial charge in [0.1, 0.15) is 10.6 Å². The molecule has 0 aliphatic heterocycles. The van der Waals surface area contributed by atoms with Crippen LogP contribution in [0.15, 0.2) is 41.4 Å². The molecule has 0 N–H and O–H groups in total. The summed E-state index contributed by atoms with van der Waals surface area (Å²) in [7, 11) is 3.29. The molecule has 0 bridgehead atoms. The molecule has 0 saturated heterocycles. The number of esters is 1. The number of rotatable bonds is 4. The van der Waals surface area contributed by atoms with Crippen molar-refractivity contribution in [2.45, 2.75) is 13.8 Å². The van der Waals surface area contributed by atoms with E-state index in [1.54, 1.807) is 31.5 Å². The SMILES string of the molecule is CCOC(=O)c1sc(=NC(=O)c2cc3ccccc3cc2OC)n(C)c1C. The lowest BCUT2D eigenvalue weighted by Crippen LogP contribution is -2.15. The lowest BCUT2D eigenvalue weighted by atomic mass is 10.1. The van der Waals surface area contributed by atoms with E-state index in [0.717, 1.165) is 22.1 Å². The molecule has 3 rings (SSSR count). The Balaban J connectivity index is 2.08. The number of fused-ring (bicyclic) bond motifs is 1. The molecule has 6 nitrogen and oxygen atoms in total. The highest BCUT2D eigenvalue weighted by Crippen LogP contribution is 2.26. The van der Waals surface area contributed by atoms with E-state index in [9.17, 15) is 9.59 Å². The van der Waals surface area contributed by atoms with Crippen molar-refractivity contribution in [1.29, 1.82) is 0 Å². The molecule has 0 fully saturated rings. The lowest BCUT2D eigenvalue weighted by molar-refractivity contribution is 0.0530. The number of carbonyl (C=O) groups excluding carboxylic acids is 2. The molecule has 0 saturated carbocycles. The zero-order valence-corrected chi connectivity index (χ0v) is 16.4. The highest BCUT2D eigenvalue weighted by molar-refractivity contribution is 7.11. The van der Waals surface area contributed by atoms with Gasteiger partial charge in [-0.15, -0.1) is 0 Å². The molecule has 0 aliphatic rings. The monoisotopic (exact) mass is 384 g/mol. The van der Waals surface area contributed by atoms with E-state index in [1.807, 2.05) is 30.3 Å². The Morgan fingerprint density at radius 3 is 2.48 bits per heavy atom. The fraction of sp³-hybridized carbons (Fsp3) is 0.250. The van der Waals surface area contributed by atoms with Crippen molar-refractivity contribution in [1.82, 2.24) is 4.57 Å². The largest absolute Gasteiger partial charge is 0.496 e. The van der Waals surface area contributed by atoms with Crippen molar-refractivity contribution < 1.29 is 19.1 Å². The van der Waals surface area contributed by atoms with Crippen molar-refractivity contribution in [3.05, 3.63) is 57.3 Å². The number of hydrogen-bond acceptors (Lipinski definition) is 5. The van der Waals surface area contributed by atoms with Crippen molar-refractivity contribution in [2.75, 3.05) is 13.7 Å². The van der Waals surface area contributed by atoms with Gasteiger partial charge in [-0.1, -0.05) is 35.6 Å². The number of carbonyl (C=O) groups is 2. The number of aromatic nitrogens is 1. The van der Waals surface area contributed by atoms with E-state index in [1.165, 1.54) is 7.11 Å². The predicted molar refractivity (Wildman–Crippen MR) is 104 cm³/mol. The van der Waals surface area contributed by atoms with Gasteiger partial charge in [-0.2, -0.15) is 4.99 Å². The third-order valence-corrected chi connectivity index (χ3v) is 5.48. The van der Waals surface area contributed by atoms with Crippen LogP contribution in [0.5, 0.6) is 5.75 Å². The molecule has 1 aromatic heterocycles. The number of ether oxygens (including phenoxy) is 2. The Kier molecular flexibility index (Phi) is 5.41. The van der Waals surface area contributed by atoms with Gasteiger partial charge in [0.05, 0.1) is 19.3 Å². The Labute approximate surface area is 160 Å². The summed E-state index contributed by atoms with van der Waals surface area (Å²) >= 11 is 1.13. The Bertz CT molecular complexity index is 1100. The topological polar surface area (TPSA) is 69.9 Å². The van der Waals surface area contributed by atoms with Crippen molar-refractivity contribution in [3.63, 3.8) is 0 Å². The van der Waals surface area contributed by atoms with Gasteiger partial charge in [0.15, 0.2) is 4.80 Å². The van der Waals surface area contributed by atoms with Crippen LogP contribution < -0.4 is 9.54 Å². The Morgan fingerprint density at radius 2 is 1.85 bits per heavy atom. The van der Waals surface area contributed by atoms with Crippen LogP contribution in [0.1, 0.15) is 32.6 Å². The normalized spacial score (nSPS) is 11.6. The van der Waals surface area contributed by atoms with Crippen LogP contribution in [0.3, 0.4) is 0 Å². The van der Waals surface area contributed by atoms with E-state index in [2.05, 4.69) is 4.99 Å². The first-order valence-electron chi connectivity index (χ1n) is 8.45. The third kappa shape index (κ3) is 3.64. The molecular formula is C20H20N2O4S. The fourth-order valence-electron chi connectivity index (χ4n) is 2.72. The summed E-state index contributed by atoms with van der Waals surface area (Å²) in [6.07, 6.45) is 0. The maximum absolute atomic E-state index is 12.8. The summed E-state index contributed by atoms with van der Waals surface area (Å²) in [4.78, 5) is 30.0. The highest BCUT2D eigenvalue weighted by atomic mass is 32.1. The fourth-order valence-corrected chi connectivity index (χ4v) is 3.73. The van der Waals surface area contributed by atoms with E-state index < -0.39 is 11.9 Å². The van der Waals surface area contributed by atoms with Crippen molar-refractivity contribution in [2.24, 2.45) is 12.0 Å². The van der Waals surface area contributed by atoms with Crippen molar-refractivity contribution >= 4 is 34.0 Å². The van der Waals surface area contributed by atoms with Gasteiger partial charge >= 0.3 is 5.97 Å². The molecule has 0 aliphatic carbocycles. The third-order valence-electron chi connectivity index (χ3n) is 4.27. The zero-order valence-electron chi connectivity index (χ0n) is 15.6. The summed E-state index contributed by atoms with van der Waals surface area (Å²) in [6.45, 7) is 3.84. The standard InChI is InChI=1S/C20H20N2O4S/c1-5-26-19(24)17-12(2)22(3)20(27-17)21-18(23)15-10-13-8-6-7-9-14(13)11-16(15)25-4/h6-11H,5H2,1-4H3. The van der Waals surface area contributed by atoms with Crippen LogP contribution in [0.2, 0.25) is 0 Å². The van der Waals surface area contributed by atoms with E-state index >= 15 is 0 Å². The molecule has 0 radical (unpaired) electrons. The first kappa shape index (κ1) is 18.8. The maximum Gasteiger partial charge on any atom is 0.350 e. The van der Waals surface area contributed by atoms with Gasteiger partial charge in [-0.25, -0.2) is 4.79 Å². The molecule has 1 amide bonds. The first-order valence-corrected chi connectivity index (χ1v) is 9.27. The molecule has 7 heteroatoms. The number of benzene rings is 2. The van der Waals surface area contributed by atoms with E-state index in [4.69, 9.17) is 9.47 Å². The first-order chi connectivity index (χ1) is 13.0. The van der Waals surface area contributed by atoms with Gasteiger partial charge in [0.25, 0.3) is 5.91 Å². The second-order valence-electron chi connectivity index (χ2n) is 5.90. The van der Waals surface area contributed by atoms with E-state index in [0.29, 0.717) is 33.3 Å². The number of amides is 1. The van der Waals surface area contributed by atoms with Gasteiger partial charge in [-0.3, -0.25) is 4.79 Å². The summed E-state index contributed by atoms with van der Waals surface area (Å²) in [5, 5.41) is 1.91. The van der Waals surface area contributed by atoms with Crippen LogP contribution >= 0.6 is 11.3 Å².